The van der Waals surface area contributed by atoms with Gasteiger partial charge in [-0.15, -0.1) is 0 Å². The predicted molar refractivity (Wildman–Crippen MR) is 66.5 cm³/mol. The molecular formula is C13H18N2O2. The summed E-state index contributed by atoms with van der Waals surface area (Å²) in [6.07, 6.45) is 0. The van der Waals surface area contributed by atoms with Crippen molar-refractivity contribution in [1.29, 1.82) is 0 Å². The molecule has 0 bridgehead atoms. The molecule has 1 heterocycles. The summed E-state index contributed by atoms with van der Waals surface area (Å²) in [6.45, 7) is 5.23. The molecule has 4 nitrogen and oxygen atoms in total. The van der Waals surface area contributed by atoms with Crippen molar-refractivity contribution in [3.8, 4) is 5.75 Å². The lowest BCUT2D eigenvalue weighted by Crippen LogP contribution is -2.46. The summed E-state index contributed by atoms with van der Waals surface area (Å²) in [6, 6.07) is 5.69. The maximum atomic E-state index is 12.3. The molecule has 0 atom stereocenters. The topological polar surface area (TPSA) is 41.6 Å². The van der Waals surface area contributed by atoms with E-state index in [1.54, 1.807) is 7.11 Å². The van der Waals surface area contributed by atoms with E-state index >= 15 is 0 Å². The second-order valence-corrected chi connectivity index (χ2v) is 4.25. The van der Waals surface area contributed by atoms with Gasteiger partial charge < -0.3 is 15.0 Å². The van der Waals surface area contributed by atoms with Gasteiger partial charge in [0.05, 0.1) is 12.7 Å². The predicted octanol–water partition coefficient (Wildman–Crippen LogP) is 1.05. The van der Waals surface area contributed by atoms with Gasteiger partial charge in [0.15, 0.2) is 0 Å². The number of methoxy groups -OCH3 is 1. The maximum absolute atomic E-state index is 12.3. The minimum atomic E-state index is 0.0587. The fraction of sp³-hybridized carbons (Fsp3) is 0.462. The molecule has 4 heteroatoms. The molecule has 0 aromatic heterocycles. The van der Waals surface area contributed by atoms with E-state index in [4.69, 9.17) is 4.74 Å². The minimum Gasteiger partial charge on any atom is -0.496 e. The molecule has 92 valence electrons. The summed E-state index contributed by atoms with van der Waals surface area (Å²) >= 11 is 0. The highest BCUT2D eigenvalue weighted by Gasteiger charge is 2.20. The van der Waals surface area contributed by atoms with E-state index in [0.29, 0.717) is 11.3 Å². The van der Waals surface area contributed by atoms with Crippen LogP contribution in [0, 0.1) is 6.92 Å². The Morgan fingerprint density at radius 3 is 2.71 bits per heavy atom. The monoisotopic (exact) mass is 234 g/mol. The van der Waals surface area contributed by atoms with Crippen LogP contribution in [0.3, 0.4) is 0 Å². The lowest BCUT2D eigenvalue weighted by Gasteiger charge is -2.28. The Morgan fingerprint density at radius 2 is 2.06 bits per heavy atom. The Bertz CT molecular complexity index is 412. The molecule has 1 aromatic rings. The largest absolute Gasteiger partial charge is 0.496 e. The first-order valence-electron chi connectivity index (χ1n) is 5.87. The van der Waals surface area contributed by atoms with Gasteiger partial charge in [-0.3, -0.25) is 4.79 Å². The molecule has 1 aliphatic heterocycles. The third kappa shape index (κ3) is 2.58. The molecule has 1 aliphatic rings. The number of carbonyl (C=O) groups is 1. The standard InChI is InChI=1S/C13H18N2O2/c1-10-3-4-11(12(9-10)17-2)13(16)15-7-5-14-6-8-15/h3-4,9,14H,5-8H2,1-2H3. The van der Waals surface area contributed by atoms with Crippen LogP contribution in [0.25, 0.3) is 0 Å². The highest BCUT2D eigenvalue weighted by Crippen LogP contribution is 2.21. The normalized spacial score (nSPS) is 15.8. The van der Waals surface area contributed by atoms with Gasteiger partial charge in [-0.05, 0) is 24.6 Å². The van der Waals surface area contributed by atoms with Crippen LogP contribution in [0.5, 0.6) is 5.75 Å². The Kier molecular flexibility index (Phi) is 3.64. The van der Waals surface area contributed by atoms with Crippen LogP contribution in [0.2, 0.25) is 0 Å². The maximum Gasteiger partial charge on any atom is 0.257 e. The second-order valence-electron chi connectivity index (χ2n) is 4.25. The number of amides is 1. The number of piperazine rings is 1. The zero-order chi connectivity index (χ0) is 12.3. The first-order valence-corrected chi connectivity index (χ1v) is 5.87. The van der Waals surface area contributed by atoms with Crippen molar-refractivity contribution in [2.75, 3.05) is 33.3 Å². The van der Waals surface area contributed by atoms with E-state index in [1.165, 1.54) is 0 Å². The highest BCUT2D eigenvalue weighted by molar-refractivity contribution is 5.97. The number of aryl methyl sites for hydroxylation is 1. The molecule has 1 aromatic carbocycles. The Hall–Kier alpha value is -1.55. The number of nitrogens with zero attached hydrogens (tertiary/aromatic N) is 1. The van der Waals surface area contributed by atoms with Crippen LogP contribution in [-0.4, -0.2) is 44.1 Å². The number of hydrogen-bond acceptors (Lipinski definition) is 3. The van der Waals surface area contributed by atoms with E-state index in [1.807, 2.05) is 30.0 Å². The fourth-order valence-electron chi connectivity index (χ4n) is 2.01. The Morgan fingerprint density at radius 1 is 1.35 bits per heavy atom. The molecular weight excluding hydrogens is 216 g/mol. The van der Waals surface area contributed by atoms with Crippen LogP contribution in [-0.2, 0) is 0 Å². The molecule has 0 unspecified atom stereocenters. The van der Waals surface area contributed by atoms with Crippen LogP contribution in [0.15, 0.2) is 18.2 Å². The lowest BCUT2D eigenvalue weighted by molar-refractivity contribution is 0.0732. The molecule has 1 fully saturated rings. The molecule has 1 N–H and O–H groups in total. The number of nitrogens with one attached hydrogen (secondary N) is 1. The molecule has 0 radical (unpaired) electrons. The molecule has 0 spiro atoms. The third-order valence-electron chi connectivity index (χ3n) is 2.99. The van der Waals surface area contributed by atoms with E-state index < -0.39 is 0 Å². The second kappa shape index (κ2) is 5.19. The molecule has 0 saturated carbocycles. The van der Waals surface area contributed by atoms with Gasteiger partial charge in [0.25, 0.3) is 5.91 Å². The van der Waals surface area contributed by atoms with Gasteiger partial charge in [-0.1, -0.05) is 6.07 Å². The van der Waals surface area contributed by atoms with Gasteiger partial charge in [0.1, 0.15) is 5.75 Å². The van der Waals surface area contributed by atoms with E-state index in [2.05, 4.69) is 5.32 Å². The highest BCUT2D eigenvalue weighted by atomic mass is 16.5. The number of benzene rings is 1. The average Bonchev–Trinajstić information content (AvgIpc) is 2.39. The van der Waals surface area contributed by atoms with Crippen LogP contribution in [0.4, 0.5) is 0 Å². The molecule has 1 amide bonds. The van der Waals surface area contributed by atoms with Crippen LogP contribution < -0.4 is 10.1 Å². The smallest absolute Gasteiger partial charge is 0.257 e. The summed E-state index contributed by atoms with van der Waals surface area (Å²) in [5.41, 5.74) is 1.75. The Labute approximate surface area is 102 Å². The van der Waals surface area contributed by atoms with Crippen molar-refractivity contribution in [1.82, 2.24) is 10.2 Å². The van der Waals surface area contributed by atoms with E-state index in [-0.39, 0.29) is 5.91 Å². The zero-order valence-electron chi connectivity index (χ0n) is 10.3. The number of ether oxygens (including phenoxy) is 1. The molecule has 0 aliphatic carbocycles. The average molecular weight is 234 g/mol. The third-order valence-corrected chi connectivity index (χ3v) is 2.99. The van der Waals surface area contributed by atoms with Gasteiger partial charge in [0.2, 0.25) is 0 Å². The molecule has 2 rings (SSSR count). The quantitative estimate of drug-likeness (QED) is 0.831. The SMILES string of the molecule is COc1cc(C)ccc1C(=O)N1CCNCC1. The van der Waals surface area contributed by atoms with Gasteiger partial charge in [0, 0.05) is 26.2 Å². The zero-order valence-corrected chi connectivity index (χ0v) is 10.3. The molecule has 17 heavy (non-hydrogen) atoms. The summed E-state index contributed by atoms with van der Waals surface area (Å²) in [7, 11) is 1.60. The van der Waals surface area contributed by atoms with Crippen LogP contribution >= 0.6 is 0 Å². The van der Waals surface area contributed by atoms with E-state index in [0.717, 1.165) is 31.7 Å². The van der Waals surface area contributed by atoms with E-state index in [9.17, 15) is 4.79 Å². The van der Waals surface area contributed by atoms with Gasteiger partial charge >= 0.3 is 0 Å². The Balaban J connectivity index is 2.23. The summed E-state index contributed by atoms with van der Waals surface area (Å²) < 4.78 is 5.27. The van der Waals surface area contributed by atoms with Gasteiger partial charge in [-0.2, -0.15) is 0 Å². The first-order chi connectivity index (χ1) is 8.22. The van der Waals surface area contributed by atoms with Crippen molar-refractivity contribution in [3.63, 3.8) is 0 Å². The fourth-order valence-corrected chi connectivity index (χ4v) is 2.01. The van der Waals surface area contributed by atoms with Crippen molar-refractivity contribution < 1.29 is 9.53 Å². The van der Waals surface area contributed by atoms with Crippen molar-refractivity contribution in [2.24, 2.45) is 0 Å². The van der Waals surface area contributed by atoms with Gasteiger partial charge in [-0.25, -0.2) is 0 Å². The summed E-state index contributed by atoms with van der Waals surface area (Å²) in [5.74, 6) is 0.719. The summed E-state index contributed by atoms with van der Waals surface area (Å²) in [5, 5.41) is 3.23. The molecule has 1 saturated heterocycles. The number of carbonyl (C=O) groups excluding carboxylic acids is 1. The van der Waals surface area contributed by atoms with Crippen molar-refractivity contribution >= 4 is 5.91 Å². The number of rotatable bonds is 2. The van der Waals surface area contributed by atoms with Crippen LogP contribution in [0.1, 0.15) is 15.9 Å². The lowest BCUT2D eigenvalue weighted by atomic mass is 10.1. The minimum absolute atomic E-state index is 0.0587. The van der Waals surface area contributed by atoms with Crippen molar-refractivity contribution in [2.45, 2.75) is 6.92 Å². The van der Waals surface area contributed by atoms with Crippen molar-refractivity contribution in [3.05, 3.63) is 29.3 Å². The summed E-state index contributed by atoms with van der Waals surface area (Å²) in [4.78, 5) is 14.2. The first kappa shape index (κ1) is 11.9. The number of hydrogen-bond donors (Lipinski definition) is 1.